The number of aromatic nitrogens is 4. The van der Waals surface area contributed by atoms with E-state index in [1.807, 2.05) is 6.20 Å². The molecule has 1 fully saturated rings. The van der Waals surface area contributed by atoms with Crippen molar-refractivity contribution >= 4 is 52.6 Å². The Bertz CT molecular complexity index is 2360. The van der Waals surface area contributed by atoms with Crippen LogP contribution in [0.2, 0.25) is 5.02 Å². The van der Waals surface area contributed by atoms with Crippen LogP contribution in [0.3, 0.4) is 0 Å². The molecule has 4 heterocycles. The molecule has 4 aromatic rings. The lowest BCUT2D eigenvalue weighted by Gasteiger charge is -2.27. The summed E-state index contributed by atoms with van der Waals surface area (Å²) < 4.78 is 29.0. The topological polar surface area (TPSA) is 284 Å². The number of halogens is 1. The molecule has 2 unspecified atom stereocenters. The van der Waals surface area contributed by atoms with Crippen molar-refractivity contribution in [3.63, 3.8) is 0 Å². The van der Waals surface area contributed by atoms with Gasteiger partial charge in [-0.25, -0.2) is 9.67 Å². The van der Waals surface area contributed by atoms with E-state index in [1.54, 1.807) is 22.9 Å². The number of rotatable bonds is 25. The molecule has 6 rings (SSSR count). The minimum Gasteiger partial charge on any atom is -0.495 e. The highest BCUT2D eigenvalue weighted by atomic mass is 35.5. The molecular formula is C40H44ClN11O11. The number of carbonyl (C=O) groups is 6. The first-order chi connectivity index (χ1) is 30.6. The van der Waals surface area contributed by atoms with Gasteiger partial charge < -0.3 is 34.0 Å². The summed E-state index contributed by atoms with van der Waals surface area (Å²) in [6.07, 6.45) is 4.33. The number of methoxy groups -OCH3 is 1. The highest BCUT2D eigenvalue weighted by molar-refractivity contribution is 6.32. The number of Topliss-reactive ketones (excluding diaryl/α,β-unsaturated/α-hetero) is 1. The quantitative estimate of drug-likeness (QED) is 0.0283. The number of benzene rings is 2. The SMILES string of the molecule is COc1ccc(-c2ocnc2C(=O)NCCCc2cn(CCOCCOCCOCCC(N=[N+]=[N-])C(=O)CNc3cccc4c3C(=O)N(C3CCC(=O)NC3=O)C4=O)nn2)cc1Cl. The van der Waals surface area contributed by atoms with E-state index >= 15 is 0 Å². The fraction of sp³-hybridized carbons (Fsp3) is 0.425. The normalized spacial score (nSPS) is 15.1. The van der Waals surface area contributed by atoms with Crippen molar-refractivity contribution in [2.75, 3.05) is 65.2 Å². The van der Waals surface area contributed by atoms with Crippen LogP contribution in [0, 0.1) is 0 Å². The molecule has 0 bridgehead atoms. The number of aryl methyl sites for hydroxylation is 1. The fourth-order valence-electron chi connectivity index (χ4n) is 6.74. The van der Waals surface area contributed by atoms with E-state index < -0.39 is 41.5 Å². The summed E-state index contributed by atoms with van der Waals surface area (Å²) in [4.78, 5) is 83.9. The Morgan fingerprint density at radius 1 is 1.06 bits per heavy atom. The third-order valence-corrected chi connectivity index (χ3v) is 10.2. The number of azide groups is 1. The van der Waals surface area contributed by atoms with E-state index in [9.17, 15) is 28.8 Å². The number of nitrogens with one attached hydrogen (secondary N) is 3. The maximum Gasteiger partial charge on any atom is 0.273 e. The molecule has 23 heteroatoms. The standard InChI is InChI=1S/C40H44ClN11O11/c1-59-32-9-7-24(20-27(32)41)36-35(45-23-63-36)38(56)43-12-3-4-25-22-51(50-47-25)13-15-61-17-19-62-18-16-60-14-11-28(48-49-42)31(53)21-44-29-6-2-5-26-34(29)40(58)52(39(26)57)30-8-10-33(54)46-37(30)55/h2,5-7,9,20,22-23,28,30,44H,3-4,8,10-19,21H2,1H3,(H,43,56)(H,46,54,55). The van der Waals surface area contributed by atoms with Crippen LogP contribution in [-0.2, 0) is 41.6 Å². The number of ether oxygens (including phenoxy) is 4. The van der Waals surface area contributed by atoms with E-state index in [2.05, 4.69) is 41.3 Å². The number of hydrogen-bond acceptors (Lipinski definition) is 16. The third kappa shape index (κ3) is 11.8. The maximum atomic E-state index is 13.3. The number of anilines is 1. The van der Waals surface area contributed by atoms with Crippen molar-refractivity contribution in [2.24, 2.45) is 5.11 Å². The summed E-state index contributed by atoms with van der Waals surface area (Å²) in [7, 11) is 1.51. The minimum atomic E-state index is -1.13. The molecule has 0 aliphatic carbocycles. The van der Waals surface area contributed by atoms with E-state index in [4.69, 9.17) is 40.5 Å². The average molecular weight is 890 g/mol. The second-order valence-electron chi connectivity index (χ2n) is 14.1. The largest absolute Gasteiger partial charge is 0.495 e. The molecule has 2 aliphatic rings. The first-order valence-electron chi connectivity index (χ1n) is 19.9. The second kappa shape index (κ2) is 22.4. The van der Waals surface area contributed by atoms with Gasteiger partial charge in [0.05, 0.1) is 75.1 Å². The number of amides is 5. The van der Waals surface area contributed by atoms with Crippen LogP contribution in [0.5, 0.6) is 5.75 Å². The second-order valence-corrected chi connectivity index (χ2v) is 14.5. The lowest BCUT2D eigenvalue weighted by molar-refractivity contribution is -0.136. The molecule has 22 nitrogen and oxygen atoms in total. The molecule has 5 amide bonds. The van der Waals surface area contributed by atoms with Crippen LogP contribution in [0.25, 0.3) is 21.8 Å². The van der Waals surface area contributed by atoms with Crippen molar-refractivity contribution in [1.29, 1.82) is 0 Å². The molecule has 1 saturated heterocycles. The van der Waals surface area contributed by atoms with Crippen molar-refractivity contribution in [2.45, 2.75) is 50.7 Å². The summed E-state index contributed by atoms with van der Waals surface area (Å²) in [5.74, 6) is -2.65. The number of ketones is 1. The molecular weight excluding hydrogens is 846 g/mol. The van der Waals surface area contributed by atoms with Crippen LogP contribution in [-0.4, -0.2) is 132 Å². The Hall–Kier alpha value is -6.71. The van der Waals surface area contributed by atoms with Crippen LogP contribution < -0.4 is 20.7 Å². The van der Waals surface area contributed by atoms with Gasteiger partial charge in [-0.15, -0.1) is 5.10 Å². The van der Waals surface area contributed by atoms with E-state index in [0.29, 0.717) is 67.8 Å². The number of nitrogens with zero attached hydrogens (tertiary/aromatic N) is 8. The van der Waals surface area contributed by atoms with E-state index in [-0.39, 0.29) is 74.0 Å². The smallest absolute Gasteiger partial charge is 0.273 e. The predicted molar refractivity (Wildman–Crippen MR) is 221 cm³/mol. The molecule has 63 heavy (non-hydrogen) atoms. The summed E-state index contributed by atoms with van der Waals surface area (Å²) in [6.45, 7) is 2.15. The molecule has 2 aliphatic heterocycles. The highest BCUT2D eigenvalue weighted by Gasteiger charge is 2.45. The fourth-order valence-corrected chi connectivity index (χ4v) is 7.00. The lowest BCUT2D eigenvalue weighted by atomic mass is 10.0. The van der Waals surface area contributed by atoms with Gasteiger partial charge in [0, 0.05) is 41.9 Å². The highest BCUT2D eigenvalue weighted by Crippen LogP contribution is 2.33. The maximum absolute atomic E-state index is 13.3. The molecule has 0 radical (unpaired) electrons. The van der Waals surface area contributed by atoms with Gasteiger partial charge in [0.25, 0.3) is 17.7 Å². The predicted octanol–water partition coefficient (Wildman–Crippen LogP) is 3.16. The van der Waals surface area contributed by atoms with Gasteiger partial charge in [-0.3, -0.25) is 39.0 Å². The van der Waals surface area contributed by atoms with Crippen LogP contribution in [0.1, 0.15) is 62.6 Å². The Morgan fingerprint density at radius 3 is 2.59 bits per heavy atom. The Kier molecular flexibility index (Phi) is 16.3. The van der Waals surface area contributed by atoms with Gasteiger partial charge in [-0.2, -0.15) is 0 Å². The summed E-state index contributed by atoms with van der Waals surface area (Å²) in [5, 5.41) is 20.1. The van der Waals surface area contributed by atoms with E-state index in [0.717, 1.165) is 10.6 Å². The first-order valence-corrected chi connectivity index (χ1v) is 20.3. The zero-order valence-corrected chi connectivity index (χ0v) is 34.9. The molecule has 332 valence electrons. The monoisotopic (exact) mass is 889 g/mol. The summed E-state index contributed by atoms with van der Waals surface area (Å²) >= 11 is 6.23. The summed E-state index contributed by atoms with van der Waals surface area (Å²) in [6, 6.07) is 7.35. The van der Waals surface area contributed by atoms with Crippen molar-refractivity contribution < 1.29 is 52.1 Å². The molecule has 0 spiro atoms. The summed E-state index contributed by atoms with van der Waals surface area (Å²) in [5.41, 5.74) is 10.8. The number of piperidine rings is 1. The van der Waals surface area contributed by atoms with Gasteiger partial charge in [0.1, 0.15) is 17.8 Å². The molecule has 2 aromatic carbocycles. The van der Waals surface area contributed by atoms with Gasteiger partial charge in [-0.05, 0) is 61.5 Å². The van der Waals surface area contributed by atoms with Crippen LogP contribution >= 0.6 is 11.6 Å². The number of carbonyl (C=O) groups excluding carboxylic acids is 6. The van der Waals surface area contributed by atoms with Crippen molar-refractivity contribution in [3.05, 3.63) is 87.0 Å². The number of fused-ring (bicyclic) bond motifs is 1. The third-order valence-electron chi connectivity index (χ3n) is 9.91. The number of oxazole rings is 1. The zero-order chi connectivity index (χ0) is 44.7. The van der Waals surface area contributed by atoms with Gasteiger partial charge >= 0.3 is 0 Å². The lowest BCUT2D eigenvalue weighted by Crippen LogP contribution is -2.54. The average Bonchev–Trinajstić information content (AvgIpc) is 4.02. The number of hydrogen-bond donors (Lipinski definition) is 3. The van der Waals surface area contributed by atoms with Gasteiger partial charge in [0.2, 0.25) is 11.8 Å². The van der Waals surface area contributed by atoms with Gasteiger partial charge in [0.15, 0.2) is 23.6 Å². The first kappa shape index (κ1) is 45.8. The van der Waals surface area contributed by atoms with Crippen molar-refractivity contribution in [3.8, 4) is 17.1 Å². The Morgan fingerprint density at radius 2 is 1.84 bits per heavy atom. The Balaban J connectivity index is 0.803. The van der Waals surface area contributed by atoms with Crippen LogP contribution in [0.15, 0.2) is 58.5 Å². The van der Waals surface area contributed by atoms with E-state index in [1.165, 1.54) is 31.7 Å². The van der Waals surface area contributed by atoms with Crippen molar-refractivity contribution in [1.82, 2.24) is 35.5 Å². The molecule has 2 atom stereocenters. The number of imide groups is 2. The Labute approximate surface area is 364 Å². The molecule has 0 saturated carbocycles. The molecule has 3 N–H and O–H groups in total. The zero-order valence-electron chi connectivity index (χ0n) is 34.1. The van der Waals surface area contributed by atoms with Gasteiger partial charge in [-0.1, -0.05) is 28.0 Å². The molecule has 2 aromatic heterocycles. The minimum absolute atomic E-state index is 0.00462. The van der Waals surface area contributed by atoms with Crippen LogP contribution in [0.4, 0.5) is 5.69 Å².